The molecule has 1 saturated heterocycles. The third-order valence-corrected chi connectivity index (χ3v) is 7.89. The van der Waals surface area contributed by atoms with Gasteiger partial charge in [0.15, 0.2) is 0 Å². The number of rotatable bonds is 4. The predicted molar refractivity (Wildman–Crippen MR) is 134 cm³/mol. The Morgan fingerprint density at radius 1 is 1.20 bits per heavy atom. The Bertz CT molecular complexity index is 1080. The van der Waals surface area contributed by atoms with Gasteiger partial charge in [-0.05, 0) is 87.1 Å². The SMILES string of the molecule is CC1CCCCN1C1=CC2C(F)=CC=C(C(=O)Nc3cnccc3[C@@H]3C[C@H](C)C[C@H](N)C3)C2N=N1. The van der Waals surface area contributed by atoms with Gasteiger partial charge >= 0.3 is 0 Å². The van der Waals surface area contributed by atoms with Crippen molar-refractivity contribution in [2.75, 3.05) is 11.9 Å². The summed E-state index contributed by atoms with van der Waals surface area (Å²) < 4.78 is 14.9. The molecule has 186 valence electrons. The molecule has 1 saturated carbocycles. The van der Waals surface area contributed by atoms with E-state index in [1.165, 1.54) is 18.6 Å². The number of aromatic nitrogens is 1. The van der Waals surface area contributed by atoms with E-state index in [9.17, 15) is 9.18 Å². The fourth-order valence-corrected chi connectivity index (χ4v) is 6.12. The molecule has 1 amide bonds. The molecule has 3 heterocycles. The number of likely N-dealkylation sites (tertiary alicyclic amines) is 1. The van der Waals surface area contributed by atoms with Crippen LogP contribution in [0.2, 0.25) is 0 Å². The van der Waals surface area contributed by atoms with E-state index in [2.05, 4.69) is 39.3 Å². The highest BCUT2D eigenvalue weighted by Gasteiger charge is 2.37. The first-order chi connectivity index (χ1) is 16.9. The number of anilines is 1. The number of hydrogen-bond donors (Lipinski definition) is 2. The molecule has 0 spiro atoms. The van der Waals surface area contributed by atoms with E-state index in [0.29, 0.717) is 29.0 Å². The molecule has 2 aliphatic carbocycles. The number of azo groups is 1. The number of halogens is 1. The van der Waals surface area contributed by atoms with Crippen molar-refractivity contribution in [2.45, 2.75) is 76.4 Å². The summed E-state index contributed by atoms with van der Waals surface area (Å²) in [5, 5.41) is 11.9. The number of fused-ring (bicyclic) bond motifs is 1. The van der Waals surface area contributed by atoms with Gasteiger partial charge in [-0.3, -0.25) is 9.78 Å². The molecule has 7 nitrogen and oxygen atoms in total. The Hall–Kier alpha value is -2.87. The largest absolute Gasteiger partial charge is 0.353 e. The lowest BCUT2D eigenvalue weighted by molar-refractivity contribution is -0.113. The number of hydrogen-bond acceptors (Lipinski definition) is 6. The van der Waals surface area contributed by atoms with Crippen LogP contribution in [0, 0.1) is 11.8 Å². The Morgan fingerprint density at radius 2 is 2.06 bits per heavy atom. The summed E-state index contributed by atoms with van der Waals surface area (Å²) in [6.07, 6.45) is 14.5. The lowest BCUT2D eigenvalue weighted by atomic mass is 9.76. The van der Waals surface area contributed by atoms with Crippen LogP contribution in [0.5, 0.6) is 0 Å². The zero-order valence-corrected chi connectivity index (χ0v) is 20.5. The van der Waals surface area contributed by atoms with Crippen molar-refractivity contribution < 1.29 is 9.18 Å². The zero-order valence-electron chi connectivity index (χ0n) is 20.5. The molecule has 4 aliphatic rings. The highest BCUT2D eigenvalue weighted by atomic mass is 19.1. The van der Waals surface area contributed by atoms with Crippen LogP contribution >= 0.6 is 0 Å². The smallest absolute Gasteiger partial charge is 0.253 e. The van der Waals surface area contributed by atoms with Crippen molar-refractivity contribution in [1.29, 1.82) is 0 Å². The summed E-state index contributed by atoms with van der Waals surface area (Å²) in [6.45, 7) is 5.28. The van der Waals surface area contributed by atoms with Crippen LogP contribution in [-0.2, 0) is 4.79 Å². The first-order valence-corrected chi connectivity index (χ1v) is 12.9. The van der Waals surface area contributed by atoms with Crippen LogP contribution in [0.3, 0.4) is 0 Å². The lowest BCUT2D eigenvalue weighted by Crippen LogP contribution is -2.39. The number of nitrogens with zero attached hydrogens (tertiary/aromatic N) is 4. The van der Waals surface area contributed by atoms with Gasteiger partial charge in [0.05, 0.1) is 17.8 Å². The van der Waals surface area contributed by atoms with Crippen LogP contribution in [0.4, 0.5) is 10.1 Å². The van der Waals surface area contributed by atoms with Crippen molar-refractivity contribution in [3.63, 3.8) is 0 Å². The number of carbonyl (C=O) groups excluding carboxylic acids is 1. The molecule has 5 rings (SSSR count). The van der Waals surface area contributed by atoms with Gasteiger partial charge in [0.25, 0.3) is 5.91 Å². The van der Waals surface area contributed by atoms with Crippen molar-refractivity contribution in [2.24, 2.45) is 27.8 Å². The van der Waals surface area contributed by atoms with Gasteiger partial charge in [-0.15, -0.1) is 5.11 Å². The molecular weight excluding hydrogens is 443 g/mol. The summed E-state index contributed by atoms with van der Waals surface area (Å²) in [6, 6.07) is 1.80. The molecule has 2 fully saturated rings. The topological polar surface area (TPSA) is 96.0 Å². The van der Waals surface area contributed by atoms with E-state index in [-0.39, 0.29) is 23.7 Å². The monoisotopic (exact) mass is 478 g/mol. The minimum absolute atomic E-state index is 0.154. The first kappa shape index (κ1) is 23.9. The minimum Gasteiger partial charge on any atom is -0.353 e. The molecular formula is C27H35FN6O. The summed E-state index contributed by atoms with van der Waals surface area (Å²) in [4.78, 5) is 19.9. The van der Waals surface area contributed by atoms with Gasteiger partial charge in [0.1, 0.15) is 17.7 Å². The van der Waals surface area contributed by atoms with Gasteiger partial charge < -0.3 is 16.0 Å². The standard InChI is InChI=1S/C27H35FN6O/c1-16-11-18(13-19(29)12-16)20-8-9-30-15-24(20)31-27(35)21-6-7-23(28)22-14-25(32-33-26(21)22)34-10-4-3-5-17(34)2/h6-9,14-19,22,26H,3-5,10-13,29H2,1-2H3,(H,31,35)/t16-,17?,18+,19-,22?,26?/m0/s1. The fraction of sp³-hybridized carbons (Fsp3) is 0.556. The average Bonchev–Trinajstić information content (AvgIpc) is 2.84. The van der Waals surface area contributed by atoms with E-state index >= 15 is 0 Å². The van der Waals surface area contributed by atoms with E-state index < -0.39 is 12.0 Å². The van der Waals surface area contributed by atoms with Gasteiger partial charge in [-0.1, -0.05) is 6.92 Å². The maximum absolute atomic E-state index is 14.9. The van der Waals surface area contributed by atoms with E-state index in [4.69, 9.17) is 5.73 Å². The Labute approximate surface area is 206 Å². The lowest BCUT2D eigenvalue weighted by Gasteiger charge is -2.37. The molecule has 0 bridgehead atoms. The first-order valence-electron chi connectivity index (χ1n) is 12.9. The second-order valence-corrected chi connectivity index (χ2v) is 10.6. The number of amides is 1. The van der Waals surface area contributed by atoms with Crippen LogP contribution in [0.1, 0.15) is 63.9 Å². The Morgan fingerprint density at radius 3 is 2.86 bits per heavy atom. The normalized spacial score (nSPS) is 32.8. The van der Waals surface area contributed by atoms with Crippen LogP contribution in [-0.4, -0.2) is 40.5 Å². The second-order valence-electron chi connectivity index (χ2n) is 10.6. The van der Waals surface area contributed by atoms with Gasteiger partial charge in [0.2, 0.25) is 0 Å². The molecule has 3 unspecified atom stereocenters. The summed E-state index contributed by atoms with van der Waals surface area (Å²) in [7, 11) is 0. The number of nitrogens with two attached hydrogens (primary N) is 1. The number of carbonyl (C=O) groups is 1. The summed E-state index contributed by atoms with van der Waals surface area (Å²) >= 11 is 0. The van der Waals surface area contributed by atoms with Crippen molar-refractivity contribution in [3.05, 3.63) is 59.5 Å². The second kappa shape index (κ2) is 10.0. The molecule has 1 aromatic rings. The number of piperidine rings is 1. The number of allylic oxidation sites excluding steroid dienone is 2. The molecule has 1 aromatic heterocycles. The van der Waals surface area contributed by atoms with Crippen LogP contribution < -0.4 is 11.1 Å². The molecule has 6 atom stereocenters. The summed E-state index contributed by atoms with van der Waals surface area (Å²) in [5.41, 5.74) is 8.44. The maximum Gasteiger partial charge on any atom is 0.253 e. The fourth-order valence-electron chi connectivity index (χ4n) is 6.12. The quantitative estimate of drug-likeness (QED) is 0.621. The van der Waals surface area contributed by atoms with Gasteiger partial charge in [-0.25, -0.2) is 4.39 Å². The third kappa shape index (κ3) is 4.94. The average molecular weight is 479 g/mol. The predicted octanol–water partition coefficient (Wildman–Crippen LogP) is 5.21. The van der Waals surface area contributed by atoms with Crippen molar-refractivity contribution in [3.8, 4) is 0 Å². The Balaban J connectivity index is 1.35. The highest BCUT2D eigenvalue weighted by Crippen LogP contribution is 2.40. The third-order valence-electron chi connectivity index (χ3n) is 7.89. The van der Waals surface area contributed by atoms with Crippen LogP contribution in [0.15, 0.2) is 64.1 Å². The molecule has 0 aromatic carbocycles. The highest BCUT2D eigenvalue weighted by molar-refractivity contribution is 6.05. The van der Waals surface area contributed by atoms with Crippen LogP contribution in [0.25, 0.3) is 0 Å². The number of pyridine rings is 1. The molecule has 8 heteroatoms. The molecule has 3 N–H and O–H groups in total. The van der Waals surface area contributed by atoms with E-state index in [1.54, 1.807) is 12.4 Å². The maximum atomic E-state index is 14.9. The molecule has 2 aliphatic heterocycles. The summed E-state index contributed by atoms with van der Waals surface area (Å²) in [5.74, 6) is 0.298. The molecule has 0 radical (unpaired) electrons. The minimum atomic E-state index is -0.674. The van der Waals surface area contributed by atoms with E-state index in [0.717, 1.165) is 44.2 Å². The van der Waals surface area contributed by atoms with Gasteiger partial charge in [-0.2, -0.15) is 5.11 Å². The van der Waals surface area contributed by atoms with E-state index in [1.807, 2.05) is 12.1 Å². The zero-order chi connectivity index (χ0) is 24.5. The molecule has 35 heavy (non-hydrogen) atoms. The van der Waals surface area contributed by atoms with Crippen molar-refractivity contribution >= 4 is 11.6 Å². The van der Waals surface area contributed by atoms with Crippen molar-refractivity contribution in [1.82, 2.24) is 9.88 Å². The number of nitrogens with one attached hydrogen (secondary N) is 1. The van der Waals surface area contributed by atoms with Gasteiger partial charge in [0, 0.05) is 30.4 Å². The Kier molecular flexibility index (Phi) is 6.82.